The van der Waals surface area contributed by atoms with Crippen molar-refractivity contribution in [2.24, 2.45) is 0 Å². The maximum Gasteiger partial charge on any atom is 0.332 e. The second kappa shape index (κ2) is 108. The summed E-state index contributed by atoms with van der Waals surface area (Å²) in [5, 5.41) is 0. The third-order valence-electron chi connectivity index (χ3n) is 18.3. The van der Waals surface area contributed by atoms with Crippen LogP contribution in [0.15, 0.2) is 0 Å². The smallest absolute Gasteiger partial charge is 0.312 e. The standard InChI is InChI=1S/3C28H59O3P.CH2O.Ni/c3*1-4-7-10-13-16-18-21-24-27-30-32(29-26-23-20-15-12-9-6-3)31-28-25-22-19-17-14-11-8-5-2;1-2;/h3*4-28H2,1-3H3;1H2;. The largest absolute Gasteiger partial charge is 0.332 e. The molecule has 0 heterocycles. The first kappa shape index (κ1) is 109. The molecule has 0 radical (unpaired) electrons. The molecule has 10 nitrogen and oxygen atoms in total. The fourth-order valence-electron chi connectivity index (χ4n) is 11.7. The number of unbranched alkanes of at least 4 members (excludes halogenated alkanes) is 57. The van der Waals surface area contributed by atoms with Crippen LogP contribution in [0.2, 0.25) is 0 Å². The van der Waals surface area contributed by atoms with E-state index in [0.29, 0.717) is 0 Å². The molecule has 0 aromatic heterocycles. The van der Waals surface area contributed by atoms with Crippen LogP contribution < -0.4 is 0 Å². The van der Waals surface area contributed by atoms with Crippen LogP contribution >= 0.6 is 25.8 Å². The summed E-state index contributed by atoms with van der Waals surface area (Å²) in [6.07, 6.45) is 86.9. The van der Waals surface area contributed by atoms with Crippen LogP contribution in [0.3, 0.4) is 0 Å². The minimum absolute atomic E-state index is 0. The molecule has 0 N–H and O–H groups in total. The van der Waals surface area contributed by atoms with Crippen molar-refractivity contribution < 1.29 is 62.0 Å². The van der Waals surface area contributed by atoms with Crippen LogP contribution in [0.1, 0.15) is 486 Å². The molecule has 0 rings (SSSR count). The van der Waals surface area contributed by atoms with Crippen molar-refractivity contribution in [3.63, 3.8) is 0 Å². The zero-order chi connectivity index (χ0) is 72.1. The average Bonchev–Trinajstić information content (AvgIpc) is 3.00. The summed E-state index contributed by atoms with van der Waals surface area (Å²) >= 11 is 0. The molecule has 0 aromatic carbocycles. The first-order valence-corrected chi connectivity index (χ1v) is 47.2. The summed E-state index contributed by atoms with van der Waals surface area (Å²) in [6.45, 7) is 29.5. The molecule has 0 saturated heterocycles. The van der Waals surface area contributed by atoms with Gasteiger partial charge in [0.2, 0.25) is 0 Å². The van der Waals surface area contributed by atoms with Crippen molar-refractivity contribution in [2.45, 2.75) is 486 Å². The second-order valence-corrected chi connectivity index (χ2v) is 32.0. The van der Waals surface area contributed by atoms with E-state index >= 15 is 0 Å². The Morgan fingerprint density at radius 2 is 0.212 bits per heavy atom. The number of carbonyl (C=O) groups excluding carboxylic acids is 1. The van der Waals surface area contributed by atoms with Gasteiger partial charge in [-0.15, -0.1) is 0 Å². The van der Waals surface area contributed by atoms with Crippen LogP contribution in [-0.2, 0) is 62.0 Å². The Balaban J connectivity index is -0.000000438. The predicted octanol–water partition coefficient (Wildman–Crippen LogP) is 32.5. The first-order chi connectivity index (χ1) is 48.5. The van der Waals surface area contributed by atoms with E-state index in [4.69, 9.17) is 45.5 Å². The molecule has 14 heteroatoms. The molecule has 0 aromatic rings. The quantitative estimate of drug-likeness (QED) is 0.0332. The van der Waals surface area contributed by atoms with Crippen molar-refractivity contribution >= 4 is 32.6 Å². The maximum absolute atomic E-state index is 8.00. The molecule has 0 spiro atoms. The van der Waals surface area contributed by atoms with E-state index in [1.54, 1.807) is 0 Å². The Labute approximate surface area is 636 Å². The molecule has 0 aliphatic heterocycles. The minimum Gasteiger partial charge on any atom is -0.312 e. The third-order valence-corrected chi connectivity index (χ3v) is 21.8. The zero-order valence-corrected chi connectivity index (χ0v) is 72.2. The van der Waals surface area contributed by atoms with Gasteiger partial charge in [-0.05, 0) is 57.8 Å². The van der Waals surface area contributed by atoms with Gasteiger partial charge in [0.1, 0.15) is 6.79 Å². The normalized spacial score (nSPS) is 11.3. The second-order valence-electron chi connectivity index (χ2n) is 28.3. The molecule has 0 aliphatic rings. The molecule has 0 fully saturated rings. The van der Waals surface area contributed by atoms with E-state index < -0.39 is 25.8 Å². The molecule has 0 unspecified atom stereocenters. The topological polar surface area (TPSA) is 100 Å². The van der Waals surface area contributed by atoms with Gasteiger partial charge < -0.3 is 45.5 Å². The summed E-state index contributed by atoms with van der Waals surface area (Å²) < 4.78 is 54.2. The van der Waals surface area contributed by atoms with Crippen LogP contribution in [-0.4, -0.2) is 66.3 Å². The molecular formula is C85H179NiO10P3. The van der Waals surface area contributed by atoms with Gasteiger partial charge >= 0.3 is 25.8 Å². The van der Waals surface area contributed by atoms with Crippen molar-refractivity contribution in [3.05, 3.63) is 0 Å². The van der Waals surface area contributed by atoms with Crippen LogP contribution in [0, 0.1) is 0 Å². The Morgan fingerprint density at radius 3 is 0.293 bits per heavy atom. The Hall–Kier alpha value is 1.09. The van der Waals surface area contributed by atoms with Crippen LogP contribution in [0.25, 0.3) is 0 Å². The van der Waals surface area contributed by atoms with E-state index in [1.165, 1.54) is 366 Å². The van der Waals surface area contributed by atoms with Crippen molar-refractivity contribution in [3.8, 4) is 0 Å². The van der Waals surface area contributed by atoms with Gasteiger partial charge in [0.25, 0.3) is 0 Å². The van der Waals surface area contributed by atoms with E-state index in [0.717, 1.165) is 117 Å². The molecule has 0 saturated carbocycles. The number of hydrogen-bond acceptors (Lipinski definition) is 10. The van der Waals surface area contributed by atoms with Crippen molar-refractivity contribution in [1.82, 2.24) is 0 Å². The van der Waals surface area contributed by atoms with Gasteiger partial charge in [-0.2, -0.15) is 0 Å². The van der Waals surface area contributed by atoms with E-state index in [9.17, 15) is 0 Å². The maximum atomic E-state index is 8.00. The Morgan fingerprint density at radius 1 is 0.141 bits per heavy atom. The summed E-state index contributed by atoms with van der Waals surface area (Å²) in [4.78, 5) is 8.00. The van der Waals surface area contributed by atoms with Crippen molar-refractivity contribution in [1.29, 1.82) is 0 Å². The van der Waals surface area contributed by atoms with Gasteiger partial charge in [0.15, 0.2) is 0 Å². The molecule has 0 aliphatic carbocycles. The van der Waals surface area contributed by atoms with E-state index in [2.05, 4.69) is 62.3 Å². The number of rotatable bonds is 84. The molecule has 0 amide bonds. The van der Waals surface area contributed by atoms with Crippen LogP contribution in [0.5, 0.6) is 0 Å². The number of hydrogen-bond donors (Lipinski definition) is 0. The summed E-state index contributed by atoms with van der Waals surface area (Å²) in [7, 11) is -3.46. The molecule has 604 valence electrons. The molecule has 0 atom stereocenters. The van der Waals surface area contributed by atoms with Gasteiger partial charge in [-0.3, -0.25) is 0 Å². The molecule has 99 heavy (non-hydrogen) atoms. The Kier molecular flexibility index (Phi) is 118. The van der Waals surface area contributed by atoms with Gasteiger partial charge in [-0.1, -0.05) is 428 Å². The first-order valence-electron chi connectivity index (χ1n) is 43.9. The van der Waals surface area contributed by atoms with E-state index in [1.807, 2.05) is 6.79 Å². The summed E-state index contributed by atoms with van der Waals surface area (Å²) in [5.41, 5.74) is 0. The van der Waals surface area contributed by atoms with Gasteiger partial charge in [0, 0.05) is 16.5 Å². The zero-order valence-electron chi connectivity index (χ0n) is 68.5. The molecular weight excluding hydrogens is 1330 g/mol. The SMILES string of the molecule is C=O.CCCCCCCCCCOP(OCCCCCCCC)OCCCCCCCCCC.CCCCCCCCCCOP(OCCCCCCCC)OCCCCCCCCCC.CCCCCCCCCCOP(OCCCCCCCC)OCCCCCCCCCC.[Ni]. The monoisotopic (exact) mass is 1510 g/mol. The average molecular weight is 1510 g/mol. The summed E-state index contributed by atoms with van der Waals surface area (Å²) in [6, 6.07) is 0. The molecule has 0 bridgehead atoms. The predicted molar refractivity (Wildman–Crippen MR) is 437 cm³/mol. The fraction of sp³-hybridized carbons (Fsp3) is 0.988. The fourth-order valence-corrected chi connectivity index (χ4v) is 14.8. The number of carbonyl (C=O) groups is 1. The minimum atomic E-state index is -1.15. The van der Waals surface area contributed by atoms with Gasteiger partial charge in [0.05, 0.1) is 59.5 Å². The van der Waals surface area contributed by atoms with Crippen LogP contribution in [0.4, 0.5) is 0 Å². The van der Waals surface area contributed by atoms with Gasteiger partial charge in [-0.25, -0.2) is 0 Å². The third kappa shape index (κ3) is 106. The van der Waals surface area contributed by atoms with E-state index in [-0.39, 0.29) is 16.5 Å². The summed E-state index contributed by atoms with van der Waals surface area (Å²) in [5.74, 6) is 0. The van der Waals surface area contributed by atoms with Crippen molar-refractivity contribution in [2.75, 3.05) is 59.5 Å². The Bertz CT molecular complexity index is 1090.